The van der Waals surface area contributed by atoms with Gasteiger partial charge in [0.1, 0.15) is 12.4 Å². The second kappa shape index (κ2) is 8.17. The number of hydrogen-bond donors (Lipinski definition) is 1. The van der Waals surface area contributed by atoms with E-state index in [9.17, 15) is 0 Å². The standard InChI is InChI=1S/C17H20BrNO2/c1-20-9-10-21-17-8-7-14(12-15(17)18)16(19)11-13-5-3-2-4-6-13/h2-8,12,16H,9-11,19H2,1H3. The molecule has 0 aliphatic heterocycles. The maximum Gasteiger partial charge on any atom is 0.133 e. The smallest absolute Gasteiger partial charge is 0.133 e. The molecule has 0 amide bonds. The summed E-state index contributed by atoms with van der Waals surface area (Å²) >= 11 is 3.53. The van der Waals surface area contributed by atoms with Gasteiger partial charge >= 0.3 is 0 Å². The van der Waals surface area contributed by atoms with Gasteiger partial charge in [-0.1, -0.05) is 36.4 Å². The summed E-state index contributed by atoms with van der Waals surface area (Å²) in [5.41, 5.74) is 8.61. The lowest BCUT2D eigenvalue weighted by Gasteiger charge is -2.14. The van der Waals surface area contributed by atoms with Crippen LogP contribution < -0.4 is 10.5 Å². The molecule has 0 fully saturated rings. The molecular formula is C17H20BrNO2. The number of methoxy groups -OCH3 is 1. The molecule has 1 atom stereocenters. The highest BCUT2D eigenvalue weighted by Crippen LogP contribution is 2.28. The van der Waals surface area contributed by atoms with E-state index in [-0.39, 0.29) is 6.04 Å². The van der Waals surface area contributed by atoms with Gasteiger partial charge < -0.3 is 15.2 Å². The van der Waals surface area contributed by atoms with Crippen LogP contribution in [-0.2, 0) is 11.2 Å². The number of halogens is 1. The maximum absolute atomic E-state index is 6.29. The quantitative estimate of drug-likeness (QED) is 0.774. The van der Waals surface area contributed by atoms with Crippen LogP contribution in [0.5, 0.6) is 5.75 Å². The third kappa shape index (κ3) is 4.84. The Hall–Kier alpha value is -1.36. The summed E-state index contributed by atoms with van der Waals surface area (Å²) in [5, 5.41) is 0. The first kappa shape index (κ1) is 16.0. The van der Waals surface area contributed by atoms with E-state index in [4.69, 9.17) is 15.2 Å². The molecule has 0 bridgehead atoms. The molecule has 2 aromatic rings. The van der Waals surface area contributed by atoms with Crippen LogP contribution in [0.25, 0.3) is 0 Å². The number of rotatable bonds is 7. The van der Waals surface area contributed by atoms with Crippen molar-refractivity contribution in [1.82, 2.24) is 0 Å². The van der Waals surface area contributed by atoms with E-state index in [1.807, 2.05) is 36.4 Å². The second-order valence-corrected chi connectivity index (χ2v) is 5.68. The van der Waals surface area contributed by atoms with Crippen LogP contribution in [0.4, 0.5) is 0 Å². The molecule has 0 saturated heterocycles. The Morgan fingerprint density at radius 1 is 1.10 bits per heavy atom. The van der Waals surface area contributed by atoms with Crippen molar-refractivity contribution in [3.8, 4) is 5.75 Å². The van der Waals surface area contributed by atoms with Crippen LogP contribution in [0.3, 0.4) is 0 Å². The summed E-state index contributed by atoms with van der Waals surface area (Å²) in [6.07, 6.45) is 0.817. The van der Waals surface area contributed by atoms with Crippen LogP contribution in [0.15, 0.2) is 53.0 Å². The van der Waals surface area contributed by atoms with Gasteiger partial charge in [0.15, 0.2) is 0 Å². The van der Waals surface area contributed by atoms with Crippen molar-refractivity contribution >= 4 is 15.9 Å². The first-order valence-electron chi connectivity index (χ1n) is 6.91. The maximum atomic E-state index is 6.29. The summed E-state index contributed by atoms with van der Waals surface area (Å²) < 4.78 is 11.5. The summed E-state index contributed by atoms with van der Waals surface area (Å²) in [7, 11) is 1.66. The molecule has 0 aromatic heterocycles. The minimum absolute atomic E-state index is 0.0308. The topological polar surface area (TPSA) is 44.5 Å². The van der Waals surface area contributed by atoms with E-state index in [2.05, 4.69) is 28.1 Å². The third-order valence-corrected chi connectivity index (χ3v) is 3.85. The lowest BCUT2D eigenvalue weighted by Crippen LogP contribution is -2.13. The molecule has 1 unspecified atom stereocenters. The van der Waals surface area contributed by atoms with Crippen molar-refractivity contribution in [2.75, 3.05) is 20.3 Å². The van der Waals surface area contributed by atoms with Gasteiger partial charge in [0.05, 0.1) is 11.1 Å². The van der Waals surface area contributed by atoms with Crippen molar-refractivity contribution < 1.29 is 9.47 Å². The number of nitrogens with two attached hydrogens (primary N) is 1. The largest absolute Gasteiger partial charge is 0.490 e. The van der Waals surface area contributed by atoms with Crippen molar-refractivity contribution in [2.45, 2.75) is 12.5 Å². The normalized spacial score (nSPS) is 12.1. The molecule has 21 heavy (non-hydrogen) atoms. The van der Waals surface area contributed by atoms with Gasteiger partial charge in [0, 0.05) is 13.2 Å². The molecule has 0 spiro atoms. The van der Waals surface area contributed by atoms with Crippen molar-refractivity contribution in [1.29, 1.82) is 0 Å². The molecule has 0 radical (unpaired) electrons. The molecule has 4 heteroatoms. The monoisotopic (exact) mass is 349 g/mol. The Kier molecular flexibility index (Phi) is 6.23. The Bertz CT molecular complexity index is 560. The fraction of sp³-hybridized carbons (Fsp3) is 0.294. The molecule has 2 rings (SSSR count). The van der Waals surface area contributed by atoms with Crippen molar-refractivity contribution in [2.24, 2.45) is 5.73 Å². The van der Waals surface area contributed by atoms with Gasteiger partial charge in [-0.3, -0.25) is 0 Å². The molecule has 0 aliphatic rings. The molecule has 0 aliphatic carbocycles. The summed E-state index contributed by atoms with van der Waals surface area (Å²) in [5.74, 6) is 0.808. The van der Waals surface area contributed by atoms with Crippen LogP contribution in [-0.4, -0.2) is 20.3 Å². The lowest BCUT2D eigenvalue weighted by molar-refractivity contribution is 0.146. The predicted molar refractivity (Wildman–Crippen MR) is 88.6 cm³/mol. The number of hydrogen-bond acceptors (Lipinski definition) is 3. The first-order chi connectivity index (χ1) is 10.2. The molecule has 3 nitrogen and oxygen atoms in total. The van der Waals surface area contributed by atoms with Crippen LogP contribution in [0.1, 0.15) is 17.2 Å². The predicted octanol–water partition coefficient (Wildman–Crippen LogP) is 3.72. The zero-order valence-electron chi connectivity index (χ0n) is 12.1. The molecular weight excluding hydrogens is 330 g/mol. The van der Waals surface area contributed by atoms with Crippen LogP contribution in [0.2, 0.25) is 0 Å². The van der Waals surface area contributed by atoms with Gasteiger partial charge in [-0.05, 0) is 45.6 Å². The highest BCUT2D eigenvalue weighted by molar-refractivity contribution is 9.10. The first-order valence-corrected chi connectivity index (χ1v) is 7.70. The molecule has 2 aromatic carbocycles. The summed E-state index contributed by atoms with van der Waals surface area (Å²) in [6.45, 7) is 1.10. The molecule has 0 saturated carbocycles. The van der Waals surface area contributed by atoms with Crippen molar-refractivity contribution in [3.05, 3.63) is 64.1 Å². The minimum atomic E-state index is -0.0308. The van der Waals surface area contributed by atoms with Gasteiger partial charge in [0.2, 0.25) is 0 Å². The van der Waals surface area contributed by atoms with E-state index >= 15 is 0 Å². The SMILES string of the molecule is COCCOc1ccc(C(N)Cc2ccccc2)cc1Br. The van der Waals surface area contributed by atoms with E-state index < -0.39 is 0 Å². The Labute approximate surface area is 134 Å². The summed E-state index contributed by atoms with van der Waals surface area (Å²) in [4.78, 5) is 0. The van der Waals surface area contributed by atoms with Gasteiger partial charge in [-0.25, -0.2) is 0 Å². The summed E-state index contributed by atoms with van der Waals surface area (Å²) in [6, 6.07) is 16.2. The Morgan fingerprint density at radius 3 is 2.52 bits per heavy atom. The molecule has 0 heterocycles. The van der Waals surface area contributed by atoms with Crippen molar-refractivity contribution in [3.63, 3.8) is 0 Å². The van der Waals surface area contributed by atoms with Gasteiger partial charge in [0.25, 0.3) is 0 Å². The van der Waals surface area contributed by atoms with E-state index in [1.54, 1.807) is 7.11 Å². The average molecular weight is 350 g/mol. The average Bonchev–Trinajstić information content (AvgIpc) is 2.50. The fourth-order valence-electron chi connectivity index (χ4n) is 2.09. The lowest BCUT2D eigenvalue weighted by atomic mass is 10.00. The highest BCUT2D eigenvalue weighted by atomic mass is 79.9. The molecule has 112 valence electrons. The fourth-order valence-corrected chi connectivity index (χ4v) is 2.60. The third-order valence-electron chi connectivity index (χ3n) is 3.23. The van der Waals surface area contributed by atoms with E-state index in [0.717, 1.165) is 22.2 Å². The molecule has 2 N–H and O–H groups in total. The minimum Gasteiger partial charge on any atom is -0.490 e. The van der Waals surface area contributed by atoms with E-state index in [1.165, 1.54) is 5.56 Å². The number of ether oxygens (including phenoxy) is 2. The highest BCUT2D eigenvalue weighted by Gasteiger charge is 2.10. The Morgan fingerprint density at radius 2 is 1.86 bits per heavy atom. The zero-order valence-corrected chi connectivity index (χ0v) is 13.7. The Balaban J connectivity index is 2.01. The van der Waals surface area contributed by atoms with Gasteiger partial charge in [-0.2, -0.15) is 0 Å². The van der Waals surface area contributed by atoms with Gasteiger partial charge in [-0.15, -0.1) is 0 Å². The number of benzene rings is 2. The van der Waals surface area contributed by atoms with E-state index in [0.29, 0.717) is 13.2 Å². The zero-order chi connectivity index (χ0) is 15.1. The van der Waals surface area contributed by atoms with Crippen LogP contribution >= 0.6 is 15.9 Å². The van der Waals surface area contributed by atoms with Crippen LogP contribution in [0, 0.1) is 0 Å². The second-order valence-electron chi connectivity index (χ2n) is 4.83.